The fraction of sp³-hybridized carbons (Fsp3) is 0.0606. The number of hydrogen-bond acceptors (Lipinski definition) is 1. The summed E-state index contributed by atoms with van der Waals surface area (Å²) in [6.07, 6.45) is 2.03. The summed E-state index contributed by atoms with van der Waals surface area (Å²) in [7, 11) is 0. The molecule has 2 aromatic heterocycles. The monoisotopic (exact) mass is 444 g/mol. The van der Waals surface area contributed by atoms with Gasteiger partial charge in [-0.3, -0.25) is 4.40 Å². The Morgan fingerprint density at radius 3 is 2.17 bits per heavy atom. The first-order chi connectivity index (χ1) is 17.4. The fourth-order valence-corrected chi connectivity index (χ4v) is 6.77. The minimum absolute atomic E-state index is 0.993. The van der Waals surface area contributed by atoms with Crippen LogP contribution in [0, 0.1) is 0 Å². The van der Waals surface area contributed by atoms with Gasteiger partial charge in [0.2, 0.25) is 0 Å². The van der Waals surface area contributed by atoms with Crippen molar-refractivity contribution in [2.45, 2.75) is 12.8 Å². The van der Waals surface area contributed by atoms with Gasteiger partial charge < -0.3 is 0 Å². The molecule has 2 aliphatic rings. The number of imidazole rings is 1. The number of benzene rings is 5. The van der Waals surface area contributed by atoms with Gasteiger partial charge in [-0.25, -0.2) is 4.98 Å². The summed E-state index contributed by atoms with van der Waals surface area (Å²) in [5.74, 6) is 0. The van der Waals surface area contributed by atoms with E-state index in [0.29, 0.717) is 0 Å². The molecule has 0 radical (unpaired) electrons. The first-order valence-corrected chi connectivity index (χ1v) is 12.3. The van der Waals surface area contributed by atoms with Crippen LogP contribution in [0.4, 0.5) is 0 Å². The standard InChI is InChI=1S/C33H20N2/c1-2-8-21-19(7-1)17-27-23(21)14-15-25-28(27)18-20-13-16-30-32(31(20)25)34-33-26-11-4-3-9-22(26)24-10-5-6-12-29(24)35(30)33/h1-16H,17-18H2. The van der Waals surface area contributed by atoms with Crippen LogP contribution in [0.5, 0.6) is 0 Å². The first kappa shape index (κ1) is 18.0. The molecule has 7 aromatic rings. The van der Waals surface area contributed by atoms with Crippen LogP contribution in [0.1, 0.15) is 22.3 Å². The van der Waals surface area contributed by atoms with Gasteiger partial charge in [-0.05, 0) is 69.3 Å². The molecule has 9 rings (SSSR count). The molecule has 2 heterocycles. The quantitative estimate of drug-likeness (QED) is 0.217. The molecule has 162 valence electrons. The summed E-state index contributed by atoms with van der Waals surface area (Å²) in [5, 5.41) is 3.74. The highest BCUT2D eigenvalue weighted by Crippen LogP contribution is 2.48. The molecule has 0 fully saturated rings. The second-order valence-corrected chi connectivity index (χ2v) is 9.93. The van der Waals surface area contributed by atoms with Gasteiger partial charge in [0.15, 0.2) is 0 Å². The Labute approximate surface area is 202 Å². The lowest BCUT2D eigenvalue weighted by atomic mass is 9.96. The van der Waals surface area contributed by atoms with Crippen molar-refractivity contribution in [1.82, 2.24) is 9.38 Å². The predicted octanol–water partition coefficient (Wildman–Crippen LogP) is 7.94. The molecule has 0 saturated heterocycles. The van der Waals surface area contributed by atoms with Crippen LogP contribution in [0.15, 0.2) is 97.1 Å². The van der Waals surface area contributed by atoms with Crippen molar-refractivity contribution in [3.05, 3.63) is 119 Å². The summed E-state index contributed by atoms with van der Waals surface area (Å²) in [6.45, 7) is 0. The summed E-state index contributed by atoms with van der Waals surface area (Å²) in [5.41, 5.74) is 15.9. The van der Waals surface area contributed by atoms with E-state index in [-0.39, 0.29) is 0 Å². The number of para-hydroxylation sites is 1. The molecular weight excluding hydrogens is 424 g/mol. The molecule has 2 heteroatoms. The lowest BCUT2D eigenvalue weighted by Crippen LogP contribution is -1.91. The Morgan fingerprint density at radius 1 is 0.514 bits per heavy atom. The number of hydrogen-bond donors (Lipinski definition) is 0. The minimum Gasteiger partial charge on any atom is -0.292 e. The zero-order chi connectivity index (χ0) is 22.7. The van der Waals surface area contributed by atoms with Crippen LogP contribution in [0.3, 0.4) is 0 Å². The van der Waals surface area contributed by atoms with Gasteiger partial charge in [0, 0.05) is 16.3 Å². The van der Waals surface area contributed by atoms with Gasteiger partial charge in [0.25, 0.3) is 0 Å². The first-order valence-electron chi connectivity index (χ1n) is 12.3. The number of nitrogens with zero attached hydrogens (tertiary/aromatic N) is 2. The Kier molecular flexibility index (Phi) is 3.16. The van der Waals surface area contributed by atoms with Crippen LogP contribution in [-0.4, -0.2) is 9.38 Å². The molecule has 2 nitrogen and oxygen atoms in total. The van der Waals surface area contributed by atoms with Crippen LogP contribution in [0.25, 0.3) is 60.6 Å². The van der Waals surface area contributed by atoms with E-state index in [1.165, 1.54) is 71.7 Å². The van der Waals surface area contributed by atoms with Crippen molar-refractivity contribution in [3.8, 4) is 22.3 Å². The van der Waals surface area contributed by atoms with E-state index >= 15 is 0 Å². The van der Waals surface area contributed by atoms with Gasteiger partial charge in [0.1, 0.15) is 5.65 Å². The zero-order valence-corrected chi connectivity index (χ0v) is 19.0. The summed E-state index contributed by atoms with van der Waals surface area (Å²) in [4.78, 5) is 5.36. The van der Waals surface area contributed by atoms with Gasteiger partial charge in [-0.1, -0.05) is 84.9 Å². The van der Waals surface area contributed by atoms with Crippen LogP contribution in [0.2, 0.25) is 0 Å². The third kappa shape index (κ3) is 2.14. The maximum Gasteiger partial charge on any atom is 0.146 e. The lowest BCUT2D eigenvalue weighted by Gasteiger charge is -2.09. The van der Waals surface area contributed by atoms with Gasteiger partial charge in [-0.2, -0.15) is 0 Å². The van der Waals surface area contributed by atoms with Gasteiger partial charge in [0.05, 0.1) is 16.6 Å². The topological polar surface area (TPSA) is 17.3 Å². The SMILES string of the molecule is c1ccc2c(c1)Cc1c-2ccc2c1Cc1ccc3c(nc4c5ccccc5c5ccccc5n34)c1-2. The average molecular weight is 445 g/mol. The second kappa shape index (κ2) is 6.17. The van der Waals surface area contributed by atoms with E-state index in [1.54, 1.807) is 0 Å². The molecular formula is C33H20N2. The van der Waals surface area contributed by atoms with E-state index in [9.17, 15) is 0 Å². The van der Waals surface area contributed by atoms with Crippen molar-refractivity contribution in [3.63, 3.8) is 0 Å². The Bertz CT molecular complexity index is 2060. The smallest absolute Gasteiger partial charge is 0.146 e. The zero-order valence-electron chi connectivity index (χ0n) is 19.0. The summed E-state index contributed by atoms with van der Waals surface area (Å²) < 4.78 is 2.37. The van der Waals surface area contributed by atoms with E-state index in [0.717, 1.165) is 24.0 Å². The Hall–Kier alpha value is -4.43. The maximum atomic E-state index is 5.36. The van der Waals surface area contributed by atoms with Crippen LogP contribution < -0.4 is 0 Å². The Morgan fingerprint density at radius 2 is 1.23 bits per heavy atom. The molecule has 0 saturated carbocycles. The molecule has 0 spiro atoms. The minimum atomic E-state index is 0.993. The number of aromatic nitrogens is 2. The fourth-order valence-electron chi connectivity index (χ4n) is 6.77. The predicted molar refractivity (Wildman–Crippen MR) is 144 cm³/mol. The van der Waals surface area contributed by atoms with Crippen molar-refractivity contribution in [1.29, 1.82) is 0 Å². The van der Waals surface area contributed by atoms with E-state index < -0.39 is 0 Å². The average Bonchev–Trinajstić information content (AvgIpc) is 3.59. The molecule has 2 aliphatic carbocycles. The largest absolute Gasteiger partial charge is 0.292 e. The molecule has 5 aromatic carbocycles. The molecule has 0 aliphatic heterocycles. The highest BCUT2D eigenvalue weighted by Gasteiger charge is 2.30. The van der Waals surface area contributed by atoms with E-state index in [2.05, 4.69) is 101 Å². The molecule has 0 N–H and O–H groups in total. The highest BCUT2D eigenvalue weighted by molar-refractivity contribution is 6.15. The van der Waals surface area contributed by atoms with E-state index in [1.807, 2.05) is 0 Å². The van der Waals surface area contributed by atoms with Crippen LogP contribution >= 0.6 is 0 Å². The molecule has 0 unspecified atom stereocenters. The van der Waals surface area contributed by atoms with Crippen LogP contribution in [-0.2, 0) is 12.8 Å². The number of fused-ring (bicyclic) bond motifs is 16. The Balaban J connectivity index is 1.40. The molecule has 0 atom stereocenters. The lowest BCUT2D eigenvalue weighted by molar-refractivity contribution is 1.16. The van der Waals surface area contributed by atoms with Gasteiger partial charge in [-0.15, -0.1) is 0 Å². The normalized spacial score (nSPS) is 13.5. The number of rotatable bonds is 0. The number of pyridine rings is 1. The molecule has 0 bridgehead atoms. The third-order valence-electron chi connectivity index (χ3n) is 8.26. The third-order valence-corrected chi connectivity index (χ3v) is 8.26. The maximum absolute atomic E-state index is 5.36. The van der Waals surface area contributed by atoms with E-state index in [4.69, 9.17) is 4.98 Å². The second-order valence-electron chi connectivity index (χ2n) is 9.93. The summed E-state index contributed by atoms with van der Waals surface area (Å²) in [6, 6.07) is 35.6. The summed E-state index contributed by atoms with van der Waals surface area (Å²) >= 11 is 0. The molecule has 35 heavy (non-hydrogen) atoms. The van der Waals surface area contributed by atoms with Crippen molar-refractivity contribution in [2.75, 3.05) is 0 Å². The van der Waals surface area contributed by atoms with Gasteiger partial charge >= 0.3 is 0 Å². The van der Waals surface area contributed by atoms with Crippen molar-refractivity contribution >= 4 is 38.4 Å². The highest BCUT2D eigenvalue weighted by atomic mass is 15.0. The van der Waals surface area contributed by atoms with Crippen molar-refractivity contribution < 1.29 is 0 Å². The van der Waals surface area contributed by atoms with Crippen molar-refractivity contribution in [2.24, 2.45) is 0 Å². The molecule has 0 amide bonds.